The quantitative estimate of drug-likeness (QED) is 0.691. The molecule has 0 fully saturated rings. The van der Waals surface area contributed by atoms with Crippen molar-refractivity contribution in [2.24, 2.45) is 0 Å². The third-order valence-electron chi connectivity index (χ3n) is 4.37. The number of aromatic amines is 1. The van der Waals surface area contributed by atoms with E-state index in [1.165, 1.54) is 0 Å². The van der Waals surface area contributed by atoms with Crippen LogP contribution in [0.1, 0.15) is 33.1 Å². The van der Waals surface area contributed by atoms with E-state index in [9.17, 15) is 4.79 Å². The molecule has 3 aromatic rings. The van der Waals surface area contributed by atoms with Gasteiger partial charge in [0.05, 0.1) is 6.54 Å². The van der Waals surface area contributed by atoms with Crippen molar-refractivity contribution in [3.63, 3.8) is 0 Å². The number of amides is 1. The molecule has 3 heterocycles. The Morgan fingerprint density at radius 1 is 1.39 bits per heavy atom. The number of hydrogen-bond donors (Lipinski definition) is 3. The number of furan rings is 1. The van der Waals surface area contributed by atoms with E-state index in [0.717, 1.165) is 46.5 Å². The zero-order chi connectivity index (χ0) is 15.8. The van der Waals surface area contributed by atoms with Crippen LogP contribution in [0.15, 0.2) is 28.7 Å². The zero-order valence-electron chi connectivity index (χ0n) is 12.9. The molecular formula is C17H18N4O2. The molecule has 0 spiro atoms. The highest BCUT2D eigenvalue weighted by Crippen LogP contribution is 2.24. The molecule has 0 saturated carbocycles. The second-order valence-electron chi connectivity index (χ2n) is 5.79. The van der Waals surface area contributed by atoms with Crippen molar-refractivity contribution in [2.75, 3.05) is 6.54 Å². The highest BCUT2D eigenvalue weighted by atomic mass is 16.3. The first kappa shape index (κ1) is 14.0. The number of nitrogens with one attached hydrogen (secondary N) is 3. The van der Waals surface area contributed by atoms with Gasteiger partial charge in [0.1, 0.15) is 11.3 Å². The number of aromatic nitrogens is 2. The van der Waals surface area contributed by atoms with E-state index in [2.05, 4.69) is 20.8 Å². The number of aryl methyl sites for hydroxylation is 1. The number of para-hydroxylation sites is 1. The molecule has 0 saturated heterocycles. The van der Waals surface area contributed by atoms with Gasteiger partial charge in [-0.1, -0.05) is 18.2 Å². The first-order valence-electron chi connectivity index (χ1n) is 7.76. The fourth-order valence-electron chi connectivity index (χ4n) is 3.05. The summed E-state index contributed by atoms with van der Waals surface area (Å²) in [5, 5.41) is 14.4. The number of carbonyl (C=O) groups is 1. The van der Waals surface area contributed by atoms with E-state index in [4.69, 9.17) is 4.42 Å². The molecule has 1 aliphatic heterocycles. The monoisotopic (exact) mass is 310 g/mol. The number of nitrogens with zero attached hydrogens (tertiary/aromatic N) is 1. The Morgan fingerprint density at radius 2 is 2.26 bits per heavy atom. The number of hydrogen-bond acceptors (Lipinski definition) is 4. The van der Waals surface area contributed by atoms with Crippen LogP contribution in [-0.2, 0) is 19.5 Å². The smallest absolute Gasteiger partial charge is 0.272 e. The Kier molecular flexibility index (Phi) is 3.38. The van der Waals surface area contributed by atoms with Gasteiger partial charge in [-0.3, -0.25) is 9.89 Å². The van der Waals surface area contributed by atoms with Crippen molar-refractivity contribution in [3.05, 3.63) is 52.5 Å². The van der Waals surface area contributed by atoms with Gasteiger partial charge in [0.15, 0.2) is 5.69 Å². The predicted octanol–water partition coefficient (Wildman–Crippen LogP) is 2.04. The maximum absolute atomic E-state index is 12.4. The van der Waals surface area contributed by atoms with Crippen LogP contribution in [-0.4, -0.2) is 22.6 Å². The summed E-state index contributed by atoms with van der Waals surface area (Å²) in [5.74, 6) is 0.605. The number of benzene rings is 1. The zero-order valence-corrected chi connectivity index (χ0v) is 12.9. The fourth-order valence-corrected chi connectivity index (χ4v) is 3.05. The molecule has 3 N–H and O–H groups in total. The third-order valence-corrected chi connectivity index (χ3v) is 4.37. The van der Waals surface area contributed by atoms with Gasteiger partial charge in [0, 0.05) is 41.7 Å². The Morgan fingerprint density at radius 3 is 3.13 bits per heavy atom. The topological polar surface area (TPSA) is 83.0 Å². The predicted molar refractivity (Wildman–Crippen MR) is 86.1 cm³/mol. The van der Waals surface area contributed by atoms with E-state index >= 15 is 0 Å². The van der Waals surface area contributed by atoms with Gasteiger partial charge in [-0.05, 0) is 13.0 Å². The van der Waals surface area contributed by atoms with Crippen LogP contribution in [0, 0.1) is 6.92 Å². The maximum Gasteiger partial charge on any atom is 0.272 e. The largest absolute Gasteiger partial charge is 0.459 e. The maximum atomic E-state index is 12.4. The second kappa shape index (κ2) is 5.55. The summed E-state index contributed by atoms with van der Waals surface area (Å²) in [5.41, 5.74) is 4.40. The first-order chi connectivity index (χ1) is 11.2. The van der Waals surface area contributed by atoms with Crippen LogP contribution in [0.2, 0.25) is 0 Å². The van der Waals surface area contributed by atoms with Crippen molar-refractivity contribution < 1.29 is 9.21 Å². The summed E-state index contributed by atoms with van der Waals surface area (Å²) in [6, 6.07) is 7.88. The lowest BCUT2D eigenvalue weighted by Crippen LogP contribution is -2.28. The van der Waals surface area contributed by atoms with Crippen LogP contribution < -0.4 is 10.6 Å². The Bertz CT molecular complexity index is 878. The molecule has 1 amide bonds. The molecule has 4 rings (SSSR count). The van der Waals surface area contributed by atoms with Crippen LogP contribution in [0.3, 0.4) is 0 Å². The average molecular weight is 310 g/mol. The molecule has 1 aliphatic rings. The van der Waals surface area contributed by atoms with Crippen LogP contribution >= 0.6 is 0 Å². The minimum atomic E-state index is -0.175. The molecule has 118 valence electrons. The number of H-pyrrole nitrogens is 1. The van der Waals surface area contributed by atoms with E-state index in [0.29, 0.717) is 18.8 Å². The SMILES string of the molecule is Cc1c(CNC(=O)c2n[nH]c3c2CNCC3)oc2ccccc12. The Balaban J connectivity index is 1.53. The molecular weight excluding hydrogens is 292 g/mol. The molecule has 0 bridgehead atoms. The first-order valence-corrected chi connectivity index (χ1v) is 7.76. The summed E-state index contributed by atoms with van der Waals surface area (Å²) >= 11 is 0. The summed E-state index contributed by atoms with van der Waals surface area (Å²) < 4.78 is 5.82. The molecule has 6 heteroatoms. The molecule has 1 aromatic carbocycles. The Hall–Kier alpha value is -2.60. The molecule has 6 nitrogen and oxygen atoms in total. The van der Waals surface area contributed by atoms with Crippen molar-refractivity contribution in [2.45, 2.75) is 26.4 Å². The van der Waals surface area contributed by atoms with Gasteiger partial charge >= 0.3 is 0 Å². The van der Waals surface area contributed by atoms with Crippen LogP contribution in [0.5, 0.6) is 0 Å². The van der Waals surface area contributed by atoms with E-state index in [1.54, 1.807) is 0 Å². The van der Waals surface area contributed by atoms with E-state index in [-0.39, 0.29) is 5.91 Å². The number of carbonyl (C=O) groups excluding carboxylic acids is 1. The normalized spacial score (nSPS) is 14.0. The molecule has 0 atom stereocenters. The molecule has 2 aromatic heterocycles. The second-order valence-corrected chi connectivity index (χ2v) is 5.79. The molecule has 23 heavy (non-hydrogen) atoms. The van der Waals surface area contributed by atoms with Crippen LogP contribution in [0.4, 0.5) is 0 Å². The van der Waals surface area contributed by atoms with Gasteiger partial charge in [-0.25, -0.2) is 0 Å². The van der Waals surface area contributed by atoms with Crippen molar-refractivity contribution in [3.8, 4) is 0 Å². The number of rotatable bonds is 3. The van der Waals surface area contributed by atoms with Crippen molar-refractivity contribution >= 4 is 16.9 Å². The van der Waals surface area contributed by atoms with Gasteiger partial charge in [-0.2, -0.15) is 5.10 Å². The highest BCUT2D eigenvalue weighted by molar-refractivity contribution is 5.94. The van der Waals surface area contributed by atoms with E-state index < -0.39 is 0 Å². The van der Waals surface area contributed by atoms with Crippen molar-refractivity contribution in [1.82, 2.24) is 20.8 Å². The molecule has 0 aliphatic carbocycles. The molecule has 0 unspecified atom stereocenters. The van der Waals surface area contributed by atoms with Gasteiger partial charge < -0.3 is 15.1 Å². The lowest BCUT2D eigenvalue weighted by Gasteiger charge is -2.12. The fraction of sp³-hybridized carbons (Fsp3) is 0.294. The standard InChI is InChI=1S/C17H18N4O2/c1-10-11-4-2-3-5-14(11)23-15(10)9-19-17(22)16-12-8-18-7-6-13(12)20-21-16/h2-5,18H,6-9H2,1H3,(H,19,22)(H,20,21). The summed E-state index contributed by atoms with van der Waals surface area (Å²) in [6.45, 7) is 3.95. The average Bonchev–Trinajstić information content (AvgIpc) is 3.15. The van der Waals surface area contributed by atoms with E-state index in [1.807, 2.05) is 31.2 Å². The lowest BCUT2D eigenvalue weighted by molar-refractivity contribution is 0.0942. The minimum absolute atomic E-state index is 0.175. The third kappa shape index (κ3) is 2.41. The summed E-state index contributed by atoms with van der Waals surface area (Å²) in [6.07, 6.45) is 0.873. The van der Waals surface area contributed by atoms with Gasteiger partial charge in [-0.15, -0.1) is 0 Å². The number of fused-ring (bicyclic) bond motifs is 2. The lowest BCUT2D eigenvalue weighted by atomic mass is 10.1. The summed E-state index contributed by atoms with van der Waals surface area (Å²) in [7, 11) is 0. The minimum Gasteiger partial charge on any atom is -0.459 e. The highest BCUT2D eigenvalue weighted by Gasteiger charge is 2.21. The van der Waals surface area contributed by atoms with Gasteiger partial charge in [0.25, 0.3) is 5.91 Å². The van der Waals surface area contributed by atoms with Crippen molar-refractivity contribution in [1.29, 1.82) is 0 Å². The Labute approximate surface area is 133 Å². The summed E-state index contributed by atoms with van der Waals surface area (Å²) in [4.78, 5) is 12.4. The van der Waals surface area contributed by atoms with Crippen LogP contribution in [0.25, 0.3) is 11.0 Å². The van der Waals surface area contributed by atoms with Gasteiger partial charge in [0.2, 0.25) is 0 Å². The molecule has 0 radical (unpaired) electrons.